The zero-order valence-electron chi connectivity index (χ0n) is 19.3. The van der Waals surface area contributed by atoms with E-state index in [0.717, 1.165) is 47.9 Å². The fraction of sp³-hybridized carbons (Fsp3) is 0.429. The van der Waals surface area contributed by atoms with E-state index in [1.807, 2.05) is 75.4 Å². The standard InChI is InChI=1S/C28H33NO3/c1-28(2,3)32-25(30)18-20-13-15-21(16-14-20)29-26-22-11-7-8-12-23(22)27(31)24(26)17-19-9-5-4-6-10-19/h4-12,17,20-21,26,29H,13-16,18H2,1-3H3/b24-17+. The molecule has 0 amide bonds. The molecular formula is C28H33NO3. The second kappa shape index (κ2) is 9.41. The van der Waals surface area contributed by atoms with Gasteiger partial charge < -0.3 is 10.1 Å². The molecule has 2 aromatic rings. The van der Waals surface area contributed by atoms with Gasteiger partial charge in [0.25, 0.3) is 0 Å². The van der Waals surface area contributed by atoms with Crippen molar-refractivity contribution in [3.63, 3.8) is 0 Å². The van der Waals surface area contributed by atoms with Crippen LogP contribution in [0.15, 0.2) is 60.2 Å². The van der Waals surface area contributed by atoms with Crippen LogP contribution in [0.1, 0.15) is 80.4 Å². The zero-order valence-corrected chi connectivity index (χ0v) is 19.3. The molecule has 0 bridgehead atoms. The van der Waals surface area contributed by atoms with Crippen LogP contribution < -0.4 is 5.32 Å². The number of nitrogens with one attached hydrogen (secondary N) is 1. The highest BCUT2D eigenvalue weighted by atomic mass is 16.6. The van der Waals surface area contributed by atoms with Gasteiger partial charge in [0.15, 0.2) is 5.78 Å². The van der Waals surface area contributed by atoms with Gasteiger partial charge in [-0.15, -0.1) is 0 Å². The summed E-state index contributed by atoms with van der Waals surface area (Å²) in [7, 11) is 0. The van der Waals surface area contributed by atoms with Crippen molar-refractivity contribution in [2.24, 2.45) is 5.92 Å². The van der Waals surface area contributed by atoms with Crippen LogP contribution in [0.5, 0.6) is 0 Å². The highest BCUT2D eigenvalue weighted by molar-refractivity contribution is 6.16. The largest absolute Gasteiger partial charge is 0.460 e. The Bertz CT molecular complexity index is 995. The molecule has 2 aliphatic carbocycles. The van der Waals surface area contributed by atoms with Gasteiger partial charge in [-0.3, -0.25) is 9.59 Å². The Morgan fingerprint density at radius 2 is 1.66 bits per heavy atom. The summed E-state index contributed by atoms with van der Waals surface area (Å²) >= 11 is 0. The average Bonchev–Trinajstić information content (AvgIpc) is 3.01. The number of ether oxygens (including phenoxy) is 1. The van der Waals surface area contributed by atoms with E-state index in [2.05, 4.69) is 11.4 Å². The number of rotatable bonds is 5. The van der Waals surface area contributed by atoms with Crippen molar-refractivity contribution in [2.75, 3.05) is 0 Å². The van der Waals surface area contributed by atoms with Gasteiger partial charge in [-0.2, -0.15) is 0 Å². The Balaban J connectivity index is 1.44. The number of hydrogen-bond acceptors (Lipinski definition) is 4. The van der Waals surface area contributed by atoms with Crippen LogP contribution in [0.2, 0.25) is 0 Å². The summed E-state index contributed by atoms with van der Waals surface area (Å²) in [6, 6.07) is 18.2. The lowest BCUT2D eigenvalue weighted by Gasteiger charge is -2.32. The summed E-state index contributed by atoms with van der Waals surface area (Å²) in [5.74, 6) is 0.387. The molecule has 0 spiro atoms. The summed E-state index contributed by atoms with van der Waals surface area (Å²) in [5.41, 5.74) is 3.28. The summed E-state index contributed by atoms with van der Waals surface area (Å²) in [6.45, 7) is 5.73. The highest BCUT2D eigenvalue weighted by Crippen LogP contribution is 2.38. The molecule has 4 heteroatoms. The number of ketones is 1. The first kappa shape index (κ1) is 22.5. The fourth-order valence-electron chi connectivity index (χ4n) is 4.85. The van der Waals surface area contributed by atoms with Gasteiger partial charge >= 0.3 is 5.97 Å². The number of carbonyl (C=O) groups is 2. The van der Waals surface area contributed by atoms with Crippen molar-refractivity contribution in [1.29, 1.82) is 0 Å². The molecule has 168 valence electrons. The molecular weight excluding hydrogens is 398 g/mol. The summed E-state index contributed by atoms with van der Waals surface area (Å²) in [6.07, 6.45) is 6.51. The van der Waals surface area contributed by atoms with Crippen molar-refractivity contribution < 1.29 is 14.3 Å². The Labute approximate surface area is 191 Å². The number of carbonyl (C=O) groups excluding carboxylic acids is 2. The minimum absolute atomic E-state index is 0.0914. The van der Waals surface area contributed by atoms with Gasteiger partial charge in [0, 0.05) is 23.6 Å². The second-order valence-electron chi connectivity index (χ2n) is 10.0. The number of Topliss-reactive ketones (excluding diaryl/α,β-unsaturated/α-hetero) is 1. The minimum Gasteiger partial charge on any atom is -0.460 e. The van der Waals surface area contributed by atoms with Gasteiger partial charge in [0.1, 0.15) is 5.60 Å². The van der Waals surface area contributed by atoms with E-state index in [9.17, 15) is 9.59 Å². The summed E-state index contributed by atoms with van der Waals surface area (Å²) in [4.78, 5) is 25.4. The van der Waals surface area contributed by atoms with Crippen LogP contribution in [-0.4, -0.2) is 23.4 Å². The number of benzene rings is 2. The van der Waals surface area contributed by atoms with Crippen molar-refractivity contribution in [3.05, 3.63) is 76.9 Å². The molecule has 2 aliphatic rings. The fourth-order valence-corrected chi connectivity index (χ4v) is 4.85. The van der Waals surface area contributed by atoms with Gasteiger partial charge in [0.05, 0.1) is 6.04 Å². The average molecular weight is 432 g/mol. The molecule has 0 saturated heterocycles. The molecule has 0 heterocycles. The Morgan fingerprint density at radius 1 is 1.00 bits per heavy atom. The van der Waals surface area contributed by atoms with E-state index < -0.39 is 5.60 Å². The molecule has 32 heavy (non-hydrogen) atoms. The van der Waals surface area contributed by atoms with E-state index in [1.165, 1.54) is 0 Å². The molecule has 0 aliphatic heterocycles. The first-order valence-electron chi connectivity index (χ1n) is 11.7. The van der Waals surface area contributed by atoms with Crippen molar-refractivity contribution in [2.45, 2.75) is 70.6 Å². The Kier molecular flexibility index (Phi) is 6.61. The van der Waals surface area contributed by atoms with Gasteiger partial charge in [0.2, 0.25) is 0 Å². The third-order valence-electron chi connectivity index (χ3n) is 6.34. The van der Waals surface area contributed by atoms with E-state index in [4.69, 9.17) is 4.74 Å². The number of fused-ring (bicyclic) bond motifs is 1. The van der Waals surface area contributed by atoms with Gasteiger partial charge in [-0.25, -0.2) is 0 Å². The zero-order chi connectivity index (χ0) is 22.7. The third kappa shape index (κ3) is 5.36. The molecule has 0 radical (unpaired) electrons. The van der Waals surface area contributed by atoms with Crippen LogP contribution in [0, 0.1) is 5.92 Å². The predicted octanol–water partition coefficient (Wildman–Crippen LogP) is 5.89. The highest BCUT2D eigenvalue weighted by Gasteiger charge is 2.36. The molecule has 1 saturated carbocycles. The Morgan fingerprint density at radius 3 is 2.34 bits per heavy atom. The molecule has 1 atom stereocenters. The van der Waals surface area contributed by atoms with Crippen molar-refractivity contribution in [1.82, 2.24) is 5.32 Å². The topological polar surface area (TPSA) is 55.4 Å². The van der Waals surface area contributed by atoms with Crippen molar-refractivity contribution in [3.8, 4) is 0 Å². The predicted molar refractivity (Wildman–Crippen MR) is 127 cm³/mol. The van der Waals surface area contributed by atoms with Crippen LogP contribution in [0.25, 0.3) is 6.08 Å². The van der Waals surface area contributed by atoms with Crippen LogP contribution in [0.3, 0.4) is 0 Å². The lowest BCUT2D eigenvalue weighted by Crippen LogP contribution is -2.36. The second-order valence-corrected chi connectivity index (χ2v) is 10.0. The molecule has 1 unspecified atom stereocenters. The van der Waals surface area contributed by atoms with Gasteiger partial charge in [-0.1, -0.05) is 54.6 Å². The molecule has 4 nitrogen and oxygen atoms in total. The van der Waals surface area contributed by atoms with E-state index in [0.29, 0.717) is 18.4 Å². The SMILES string of the molecule is CC(C)(C)OC(=O)CC1CCC(NC2/C(=C\c3ccccc3)C(=O)c3ccccc32)CC1. The first-order valence-corrected chi connectivity index (χ1v) is 11.7. The van der Waals surface area contributed by atoms with Crippen LogP contribution >= 0.6 is 0 Å². The normalized spacial score (nSPS) is 24.4. The van der Waals surface area contributed by atoms with E-state index >= 15 is 0 Å². The molecule has 1 fully saturated rings. The molecule has 1 N–H and O–H groups in total. The maximum absolute atomic E-state index is 13.2. The monoisotopic (exact) mass is 431 g/mol. The lowest BCUT2D eigenvalue weighted by molar-refractivity contribution is -0.156. The summed E-state index contributed by atoms with van der Waals surface area (Å²) in [5, 5.41) is 3.78. The summed E-state index contributed by atoms with van der Waals surface area (Å²) < 4.78 is 5.50. The van der Waals surface area contributed by atoms with Crippen LogP contribution in [-0.2, 0) is 9.53 Å². The smallest absolute Gasteiger partial charge is 0.306 e. The molecule has 4 rings (SSSR count). The van der Waals surface area contributed by atoms with Crippen molar-refractivity contribution >= 4 is 17.8 Å². The number of esters is 1. The quantitative estimate of drug-likeness (QED) is 0.474. The van der Waals surface area contributed by atoms with E-state index in [-0.39, 0.29) is 17.8 Å². The maximum atomic E-state index is 13.2. The first-order chi connectivity index (χ1) is 15.3. The number of hydrogen-bond donors (Lipinski definition) is 1. The minimum atomic E-state index is -0.431. The maximum Gasteiger partial charge on any atom is 0.306 e. The third-order valence-corrected chi connectivity index (χ3v) is 6.34. The van der Waals surface area contributed by atoms with Crippen LogP contribution in [0.4, 0.5) is 0 Å². The molecule has 2 aromatic carbocycles. The van der Waals surface area contributed by atoms with E-state index in [1.54, 1.807) is 0 Å². The van der Waals surface area contributed by atoms with Gasteiger partial charge in [-0.05, 0) is 69.6 Å². The lowest BCUT2D eigenvalue weighted by atomic mass is 9.83. The molecule has 0 aromatic heterocycles. The Hall–Kier alpha value is -2.72.